The SMILES string of the molecule is Cl.O=C(O)CCNCCc1ccc(-c2nc3ccc(C4(c5ccccc5)CC4)nc3s2)c(F)c1. The molecular weight excluding hydrogens is 473 g/mol. The fourth-order valence-corrected chi connectivity index (χ4v) is 5.18. The van der Waals surface area contributed by atoms with Crippen molar-refractivity contribution in [2.75, 3.05) is 13.1 Å². The van der Waals surface area contributed by atoms with E-state index >= 15 is 0 Å². The van der Waals surface area contributed by atoms with Gasteiger partial charge in [0.25, 0.3) is 0 Å². The van der Waals surface area contributed by atoms with Crippen molar-refractivity contribution >= 4 is 40.1 Å². The number of carboxylic acid groups (broad SMARTS) is 1. The monoisotopic (exact) mass is 497 g/mol. The topological polar surface area (TPSA) is 75.1 Å². The molecule has 2 N–H and O–H groups in total. The Morgan fingerprint density at radius 3 is 2.56 bits per heavy atom. The molecule has 8 heteroatoms. The molecule has 0 aliphatic heterocycles. The van der Waals surface area contributed by atoms with Crippen LogP contribution in [-0.4, -0.2) is 34.1 Å². The average molecular weight is 498 g/mol. The summed E-state index contributed by atoms with van der Waals surface area (Å²) < 4.78 is 14.9. The number of nitrogens with one attached hydrogen (secondary N) is 1. The maximum atomic E-state index is 14.9. The van der Waals surface area contributed by atoms with Crippen LogP contribution in [0.2, 0.25) is 0 Å². The molecule has 1 aliphatic carbocycles. The molecule has 34 heavy (non-hydrogen) atoms. The quantitative estimate of drug-likeness (QED) is 0.294. The highest BCUT2D eigenvalue weighted by atomic mass is 35.5. The maximum Gasteiger partial charge on any atom is 0.304 e. The molecule has 2 aromatic carbocycles. The number of fused-ring (bicyclic) bond motifs is 1. The molecule has 0 bridgehead atoms. The van der Waals surface area contributed by atoms with Gasteiger partial charge in [0.05, 0.1) is 12.1 Å². The smallest absolute Gasteiger partial charge is 0.304 e. The van der Waals surface area contributed by atoms with Gasteiger partial charge in [-0.1, -0.05) is 47.7 Å². The van der Waals surface area contributed by atoms with Crippen LogP contribution in [0.1, 0.15) is 36.1 Å². The number of pyridine rings is 1. The predicted octanol–water partition coefficient (Wildman–Crippen LogP) is 5.61. The number of hydrogen-bond acceptors (Lipinski definition) is 5. The van der Waals surface area contributed by atoms with Gasteiger partial charge in [0, 0.05) is 17.5 Å². The van der Waals surface area contributed by atoms with Crippen LogP contribution in [0.25, 0.3) is 20.9 Å². The second kappa shape index (κ2) is 10.2. The third-order valence-corrected chi connectivity index (χ3v) is 7.19. The fraction of sp³-hybridized carbons (Fsp3) is 0.269. The minimum Gasteiger partial charge on any atom is -0.481 e. The van der Waals surface area contributed by atoms with Crippen molar-refractivity contribution in [3.05, 3.63) is 83.3 Å². The molecule has 0 radical (unpaired) electrons. The Labute approximate surface area is 207 Å². The maximum absolute atomic E-state index is 14.9. The van der Waals surface area contributed by atoms with Crippen LogP contribution in [0.15, 0.2) is 60.7 Å². The van der Waals surface area contributed by atoms with Gasteiger partial charge in [-0.25, -0.2) is 14.4 Å². The molecule has 1 aliphatic rings. The van der Waals surface area contributed by atoms with Gasteiger partial charge < -0.3 is 10.4 Å². The highest BCUT2D eigenvalue weighted by molar-refractivity contribution is 7.21. The molecule has 0 atom stereocenters. The van der Waals surface area contributed by atoms with E-state index in [1.807, 2.05) is 18.2 Å². The van der Waals surface area contributed by atoms with Gasteiger partial charge >= 0.3 is 5.97 Å². The average Bonchev–Trinajstić information content (AvgIpc) is 3.52. The van der Waals surface area contributed by atoms with Crippen LogP contribution in [0, 0.1) is 5.82 Å². The van der Waals surface area contributed by atoms with Crippen LogP contribution in [0.3, 0.4) is 0 Å². The van der Waals surface area contributed by atoms with Crippen LogP contribution in [0.5, 0.6) is 0 Å². The van der Waals surface area contributed by atoms with Crippen molar-refractivity contribution in [2.45, 2.75) is 31.1 Å². The number of carboxylic acids is 1. The van der Waals surface area contributed by atoms with Crippen molar-refractivity contribution in [1.82, 2.24) is 15.3 Å². The minimum atomic E-state index is -0.831. The third-order valence-electron chi connectivity index (χ3n) is 6.19. The number of carbonyl (C=O) groups is 1. The lowest BCUT2D eigenvalue weighted by Crippen LogP contribution is -2.20. The van der Waals surface area contributed by atoms with Crippen molar-refractivity contribution in [2.24, 2.45) is 0 Å². The van der Waals surface area contributed by atoms with E-state index in [1.165, 1.54) is 23.0 Å². The van der Waals surface area contributed by atoms with Crippen LogP contribution in [-0.2, 0) is 16.6 Å². The molecule has 2 heterocycles. The van der Waals surface area contributed by atoms with Gasteiger partial charge in [-0.3, -0.25) is 4.79 Å². The summed E-state index contributed by atoms with van der Waals surface area (Å²) in [6.07, 6.45) is 2.88. The molecule has 4 aromatic rings. The Bertz CT molecular complexity index is 1310. The number of nitrogens with zero attached hydrogens (tertiary/aromatic N) is 2. The predicted molar refractivity (Wildman–Crippen MR) is 135 cm³/mol. The van der Waals surface area contributed by atoms with Gasteiger partial charge in [0.15, 0.2) is 0 Å². The molecule has 5 rings (SSSR count). The fourth-order valence-electron chi connectivity index (χ4n) is 4.21. The Kier molecular flexibility index (Phi) is 7.26. The lowest BCUT2D eigenvalue weighted by atomic mass is 9.92. The van der Waals surface area contributed by atoms with Gasteiger partial charge in [0.1, 0.15) is 21.2 Å². The van der Waals surface area contributed by atoms with E-state index in [1.54, 1.807) is 6.07 Å². The zero-order chi connectivity index (χ0) is 22.8. The third kappa shape index (κ3) is 4.97. The molecule has 0 spiro atoms. The lowest BCUT2D eigenvalue weighted by molar-refractivity contribution is -0.136. The Morgan fingerprint density at radius 2 is 1.85 bits per heavy atom. The van der Waals surface area contributed by atoms with Gasteiger partial charge in [-0.15, -0.1) is 12.4 Å². The summed E-state index contributed by atoms with van der Waals surface area (Å²) in [4.78, 5) is 21.0. The summed E-state index contributed by atoms with van der Waals surface area (Å²) in [5.74, 6) is -1.14. The first-order valence-corrected chi connectivity index (χ1v) is 11.9. The van der Waals surface area contributed by atoms with Crippen molar-refractivity contribution in [3.8, 4) is 10.6 Å². The van der Waals surface area contributed by atoms with E-state index in [2.05, 4.69) is 40.6 Å². The first-order valence-electron chi connectivity index (χ1n) is 11.1. The number of aromatic nitrogens is 2. The van der Waals surface area contributed by atoms with Crippen LogP contribution >= 0.6 is 23.7 Å². The number of benzene rings is 2. The van der Waals surface area contributed by atoms with Gasteiger partial charge in [0.2, 0.25) is 0 Å². The number of rotatable bonds is 9. The van der Waals surface area contributed by atoms with Crippen molar-refractivity contribution in [3.63, 3.8) is 0 Å². The van der Waals surface area contributed by atoms with E-state index in [4.69, 9.17) is 10.1 Å². The first-order chi connectivity index (χ1) is 16.0. The summed E-state index contributed by atoms with van der Waals surface area (Å²) in [7, 11) is 0. The van der Waals surface area contributed by atoms with E-state index < -0.39 is 5.97 Å². The van der Waals surface area contributed by atoms with E-state index in [0.717, 1.165) is 34.4 Å². The number of halogens is 2. The minimum absolute atomic E-state index is 0. The van der Waals surface area contributed by atoms with Crippen molar-refractivity contribution < 1.29 is 14.3 Å². The van der Waals surface area contributed by atoms with Crippen LogP contribution in [0.4, 0.5) is 4.39 Å². The summed E-state index contributed by atoms with van der Waals surface area (Å²) in [6, 6.07) is 19.7. The zero-order valence-electron chi connectivity index (χ0n) is 18.5. The molecule has 0 saturated heterocycles. The Hall–Kier alpha value is -2.87. The van der Waals surface area contributed by atoms with Gasteiger partial charge in [-0.05, 0) is 61.2 Å². The molecule has 1 fully saturated rings. The molecule has 0 amide bonds. The van der Waals surface area contributed by atoms with E-state index in [-0.39, 0.29) is 30.1 Å². The largest absolute Gasteiger partial charge is 0.481 e. The molecular formula is C26H25ClFN3O2S. The summed E-state index contributed by atoms with van der Waals surface area (Å²) in [5.41, 5.74) is 4.47. The Balaban J connectivity index is 0.00000274. The molecule has 1 saturated carbocycles. The normalized spacial score (nSPS) is 14.0. The standard InChI is InChI=1S/C26H24FN3O2S.ClH/c27-20-16-17(10-14-28-15-11-23(31)32)6-7-19(20)24-29-21-8-9-22(30-25(21)33-24)26(12-13-26)18-4-2-1-3-5-18;/h1-9,16,28H,10-15H2,(H,31,32);1H. The van der Waals surface area contributed by atoms with Crippen molar-refractivity contribution in [1.29, 1.82) is 0 Å². The highest BCUT2D eigenvalue weighted by Crippen LogP contribution is 2.53. The summed E-state index contributed by atoms with van der Waals surface area (Å²) >= 11 is 1.42. The second-order valence-electron chi connectivity index (χ2n) is 8.45. The summed E-state index contributed by atoms with van der Waals surface area (Å²) in [6.45, 7) is 1.01. The number of aliphatic carboxylic acids is 1. The second-order valence-corrected chi connectivity index (χ2v) is 9.42. The molecule has 2 aromatic heterocycles. The number of thiazole rings is 1. The number of hydrogen-bond donors (Lipinski definition) is 2. The molecule has 176 valence electrons. The highest BCUT2D eigenvalue weighted by Gasteiger charge is 2.47. The summed E-state index contributed by atoms with van der Waals surface area (Å²) in [5, 5.41) is 12.4. The van der Waals surface area contributed by atoms with E-state index in [0.29, 0.717) is 30.1 Å². The van der Waals surface area contributed by atoms with E-state index in [9.17, 15) is 9.18 Å². The zero-order valence-corrected chi connectivity index (χ0v) is 20.1. The first kappa shape index (κ1) is 24.3. The molecule has 0 unspecified atom stereocenters. The Morgan fingerprint density at radius 1 is 1.06 bits per heavy atom. The van der Waals surface area contributed by atoms with Crippen LogP contribution < -0.4 is 5.32 Å². The molecule has 5 nitrogen and oxygen atoms in total. The lowest BCUT2D eigenvalue weighted by Gasteiger charge is -2.14. The van der Waals surface area contributed by atoms with Gasteiger partial charge in [-0.2, -0.15) is 0 Å².